The Morgan fingerprint density at radius 3 is 2.75 bits per heavy atom. The number of likely N-dealkylation sites (N-methyl/N-ethyl adjacent to an activating group) is 1. The molecule has 0 unspecified atom stereocenters. The molecule has 4 rings (SSSR count). The van der Waals surface area contributed by atoms with Gasteiger partial charge in [0, 0.05) is 32.1 Å². The van der Waals surface area contributed by atoms with Gasteiger partial charge < -0.3 is 10.2 Å². The fourth-order valence-electron chi connectivity index (χ4n) is 3.29. The second-order valence-electron chi connectivity index (χ2n) is 7.18. The van der Waals surface area contributed by atoms with Crippen molar-refractivity contribution in [3.05, 3.63) is 61.5 Å². The summed E-state index contributed by atoms with van der Waals surface area (Å²) in [6, 6.07) is 7.89. The number of rotatable bonds is 8. The van der Waals surface area contributed by atoms with Gasteiger partial charge in [0.15, 0.2) is 0 Å². The molecule has 166 valence electrons. The van der Waals surface area contributed by atoms with Crippen LogP contribution in [-0.2, 0) is 22.7 Å². The predicted octanol–water partition coefficient (Wildman–Crippen LogP) is 3.72. The maximum absolute atomic E-state index is 13.2. The Labute approximate surface area is 197 Å². The van der Waals surface area contributed by atoms with Gasteiger partial charge in [0.1, 0.15) is 11.4 Å². The molecule has 0 saturated heterocycles. The lowest BCUT2D eigenvalue weighted by Crippen LogP contribution is -2.42. The smallest absolute Gasteiger partial charge is 0.263 e. The van der Waals surface area contributed by atoms with Gasteiger partial charge in [-0.25, -0.2) is 4.98 Å². The zero-order valence-corrected chi connectivity index (χ0v) is 20.1. The first-order valence-corrected chi connectivity index (χ1v) is 12.6. The summed E-state index contributed by atoms with van der Waals surface area (Å²) in [5.41, 5.74) is 0.603. The van der Waals surface area contributed by atoms with Gasteiger partial charge in [0.05, 0.1) is 24.8 Å². The molecule has 32 heavy (non-hydrogen) atoms. The van der Waals surface area contributed by atoms with Crippen molar-refractivity contribution < 1.29 is 9.59 Å². The minimum Gasteiger partial charge on any atom is -0.350 e. The first kappa shape index (κ1) is 22.4. The van der Waals surface area contributed by atoms with Crippen molar-refractivity contribution in [2.24, 2.45) is 0 Å². The average molecular weight is 487 g/mol. The van der Waals surface area contributed by atoms with Gasteiger partial charge in [-0.15, -0.1) is 34.0 Å². The van der Waals surface area contributed by atoms with Crippen LogP contribution in [0.4, 0.5) is 0 Å². The van der Waals surface area contributed by atoms with E-state index in [1.165, 1.54) is 27.1 Å². The number of fused-ring (bicyclic) bond motifs is 1. The van der Waals surface area contributed by atoms with E-state index in [1.54, 1.807) is 22.7 Å². The summed E-state index contributed by atoms with van der Waals surface area (Å²) >= 11 is 4.60. The van der Waals surface area contributed by atoms with E-state index in [-0.39, 0.29) is 30.5 Å². The van der Waals surface area contributed by atoms with Crippen LogP contribution < -0.4 is 10.9 Å². The summed E-state index contributed by atoms with van der Waals surface area (Å²) in [6.07, 6.45) is 1.41. The number of aromatic nitrogens is 2. The summed E-state index contributed by atoms with van der Waals surface area (Å²) in [4.78, 5) is 48.0. The van der Waals surface area contributed by atoms with E-state index in [1.807, 2.05) is 48.9 Å². The van der Waals surface area contributed by atoms with Crippen molar-refractivity contribution in [1.82, 2.24) is 19.8 Å². The van der Waals surface area contributed by atoms with Crippen molar-refractivity contribution in [3.63, 3.8) is 0 Å². The third kappa shape index (κ3) is 4.82. The van der Waals surface area contributed by atoms with Gasteiger partial charge in [-0.2, -0.15) is 0 Å². The second kappa shape index (κ2) is 9.76. The van der Waals surface area contributed by atoms with Crippen LogP contribution in [0.25, 0.3) is 20.7 Å². The number of carbonyl (C=O) groups is 2. The van der Waals surface area contributed by atoms with E-state index >= 15 is 0 Å². The maximum atomic E-state index is 13.2. The second-order valence-corrected chi connectivity index (χ2v) is 10.4. The van der Waals surface area contributed by atoms with Crippen LogP contribution in [0.5, 0.6) is 0 Å². The monoisotopic (exact) mass is 486 g/mol. The summed E-state index contributed by atoms with van der Waals surface area (Å²) in [7, 11) is 0. The number of amides is 2. The molecule has 0 aliphatic heterocycles. The van der Waals surface area contributed by atoms with E-state index in [0.717, 1.165) is 20.2 Å². The fraction of sp³-hybridized carbons (Fsp3) is 0.273. The summed E-state index contributed by atoms with van der Waals surface area (Å²) in [6.45, 7) is 4.42. The number of hydrogen-bond acceptors (Lipinski definition) is 7. The fourth-order valence-corrected chi connectivity index (χ4v) is 5.80. The molecule has 0 aliphatic rings. The predicted molar refractivity (Wildman–Crippen MR) is 130 cm³/mol. The quantitative estimate of drug-likeness (QED) is 0.411. The van der Waals surface area contributed by atoms with Crippen LogP contribution in [-0.4, -0.2) is 39.4 Å². The molecule has 7 nitrogen and oxygen atoms in total. The minimum absolute atomic E-state index is 0.0523. The van der Waals surface area contributed by atoms with Gasteiger partial charge in [-0.3, -0.25) is 19.0 Å². The van der Waals surface area contributed by atoms with Crippen LogP contribution in [0.2, 0.25) is 0 Å². The van der Waals surface area contributed by atoms with E-state index in [0.29, 0.717) is 23.3 Å². The van der Waals surface area contributed by atoms with E-state index in [2.05, 4.69) is 10.3 Å². The summed E-state index contributed by atoms with van der Waals surface area (Å²) in [5.74, 6) is -0.534. The third-order valence-corrected chi connectivity index (χ3v) is 7.78. The van der Waals surface area contributed by atoms with Crippen molar-refractivity contribution in [3.8, 4) is 10.4 Å². The van der Waals surface area contributed by atoms with Crippen molar-refractivity contribution >= 4 is 56.0 Å². The molecule has 1 N–H and O–H groups in total. The Balaban J connectivity index is 1.49. The van der Waals surface area contributed by atoms with Crippen molar-refractivity contribution in [2.75, 3.05) is 13.1 Å². The van der Waals surface area contributed by atoms with E-state index in [9.17, 15) is 14.4 Å². The van der Waals surface area contributed by atoms with Crippen molar-refractivity contribution in [2.45, 2.75) is 26.9 Å². The largest absolute Gasteiger partial charge is 0.350 e. The van der Waals surface area contributed by atoms with Gasteiger partial charge in [0.2, 0.25) is 11.8 Å². The number of thiophene rings is 3. The first-order valence-electron chi connectivity index (χ1n) is 10.1. The highest BCUT2D eigenvalue weighted by Crippen LogP contribution is 2.34. The molecule has 0 aliphatic carbocycles. The van der Waals surface area contributed by atoms with Crippen LogP contribution in [0.3, 0.4) is 0 Å². The molecular formula is C22H22N4O3S3. The number of nitrogens with one attached hydrogen (secondary N) is 1. The number of aryl methyl sites for hydroxylation is 1. The molecule has 0 saturated carbocycles. The van der Waals surface area contributed by atoms with Crippen LogP contribution >= 0.6 is 34.0 Å². The number of hydrogen-bond donors (Lipinski definition) is 1. The Hall–Kier alpha value is -2.82. The Kier molecular flexibility index (Phi) is 6.83. The average Bonchev–Trinajstić information content (AvgIpc) is 3.53. The van der Waals surface area contributed by atoms with Gasteiger partial charge in [0.25, 0.3) is 5.56 Å². The summed E-state index contributed by atoms with van der Waals surface area (Å²) in [5, 5.41) is 7.25. The zero-order chi connectivity index (χ0) is 22.7. The molecule has 0 fully saturated rings. The summed E-state index contributed by atoms with van der Waals surface area (Å²) < 4.78 is 1.33. The Morgan fingerprint density at radius 2 is 2.06 bits per heavy atom. The SMILES string of the molecule is CCN(CC(=O)NCc1cccs1)C(=O)Cn1cnc2scc(-c3ccc(C)s3)c2c1=O. The molecule has 4 heterocycles. The van der Waals surface area contributed by atoms with Gasteiger partial charge in [-0.1, -0.05) is 6.07 Å². The topological polar surface area (TPSA) is 84.3 Å². The maximum Gasteiger partial charge on any atom is 0.263 e. The molecule has 10 heteroatoms. The normalized spacial score (nSPS) is 11.1. The van der Waals surface area contributed by atoms with Gasteiger partial charge in [-0.05, 0) is 37.4 Å². The van der Waals surface area contributed by atoms with Crippen LogP contribution in [0.15, 0.2) is 46.1 Å². The van der Waals surface area contributed by atoms with Crippen LogP contribution in [0, 0.1) is 6.92 Å². The molecule has 0 radical (unpaired) electrons. The Bertz CT molecular complexity index is 1300. The number of nitrogens with zero attached hydrogens (tertiary/aromatic N) is 3. The third-order valence-electron chi connectivity index (χ3n) is 4.98. The molecular weight excluding hydrogens is 464 g/mol. The molecule has 2 amide bonds. The Morgan fingerprint density at radius 1 is 1.22 bits per heavy atom. The lowest BCUT2D eigenvalue weighted by atomic mass is 10.2. The molecule has 0 atom stereocenters. The highest BCUT2D eigenvalue weighted by Gasteiger charge is 2.19. The zero-order valence-electron chi connectivity index (χ0n) is 17.7. The lowest BCUT2D eigenvalue weighted by molar-refractivity contribution is -0.136. The van der Waals surface area contributed by atoms with Crippen molar-refractivity contribution in [1.29, 1.82) is 0 Å². The minimum atomic E-state index is -0.300. The molecule has 4 aromatic heterocycles. The molecule has 0 bridgehead atoms. The van der Waals surface area contributed by atoms with E-state index < -0.39 is 0 Å². The van der Waals surface area contributed by atoms with E-state index in [4.69, 9.17) is 0 Å². The van der Waals surface area contributed by atoms with Gasteiger partial charge >= 0.3 is 0 Å². The highest BCUT2D eigenvalue weighted by atomic mass is 32.1. The highest BCUT2D eigenvalue weighted by molar-refractivity contribution is 7.19. The molecule has 0 aromatic carbocycles. The van der Waals surface area contributed by atoms with Crippen LogP contribution in [0.1, 0.15) is 16.7 Å². The molecule has 4 aromatic rings. The first-order chi connectivity index (χ1) is 15.5. The number of carbonyl (C=O) groups excluding carboxylic acids is 2. The standard InChI is InChI=1S/C22H22N4O3S3/c1-3-25(10-18(27)23-9-15-5-4-8-30-15)19(28)11-26-13-24-21-20(22(26)29)16(12-31-21)17-7-6-14(2)32-17/h4-8,12-13H,3,9-11H2,1-2H3,(H,23,27). The lowest BCUT2D eigenvalue weighted by Gasteiger charge is -2.20. The molecule has 0 spiro atoms.